The monoisotopic (exact) mass is 328 g/mol. The minimum atomic E-state index is -0.0607. The lowest BCUT2D eigenvalue weighted by Gasteiger charge is -2.23. The van der Waals surface area contributed by atoms with Crippen molar-refractivity contribution in [1.29, 1.82) is 0 Å². The van der Waals surface area contributed by atoms with Crippen LogP contribution in [0, 0.1) is 0 Å². The third-order valence-electron chi connectivity index (χ3n) is 3.64. The van der Waals surface area contributed by atoms with Crippen molar-refractivity contribution >= 4 is 6.29 Å². The average Bonchev–Trinajstić information content (AvgIpc) is 2.58. The number of benzene rings is 2. The van der Waals surface area contributed by atoms with E-state index in [1.54, 1.807) is 25.3 Å². The molecule has 0 aliphatic heterocycles. The smallest absolute Gasteiger partial charge is 0.153 e. The van der Waals surface area contributed by atoms with E-state index in [0.29, 0.717) is 24.5 Å². The number of carbonyl (C=O) groups is 1. The van der Waals surface area contributed by atoms with Crippen molar-refractivity contribution in [1.82, 2.24) is 0 Å². The van der Waals surface area contributed by atoms with Crippen LogP contribution >= 0.6 is 0 Å². The summed E-state index contributed by atoms with van der Waals surface area (Å²) in [6, 6.07) is 12.9. The van der Waals surface area contributed by atoms with E-state index >= 15 is 0 Å². The summed E-state index contributed by atoms with van der Waals surface area (Å²) in [5.74, 6) is 2.20. The van der Waals surface area contributed by atoms with Crippen molar-refractivity contribution in [2.24, 2.45) is 0 Å². The minimum absolute atomic E-state index is 0.0607. The van der Waals surface area contributed by atoms with Crippen LogP contribution in [0.5, 0.6) is 17.2 Å². The van der Waals surface area contributed by atoms with E-state index in [1.165, 1.54) is 0 Å². The van der Waals surface area contributed by atoms with Gasteiger partial charge in [0.2, 0.25) is 0 Å². The molecule has 0 fully saturated rings. The predicted molar refractivity (Wildman–Crippen MR) is 94.5 cm³/mol. The van der Waals surface area contributed by atoms with Gasteiger partial charge in [0, 0.05) is 5.56 Å². The fourth-order valence-corrected chi connectivity index (χ4v) is 2.36. The molecule has 2 aromatic carbocycles. The summed E-state index contributed by atoms with van der Waals surface area (Å²) in [4.78, 5) is 11.0. The second-order valence-corrected chi connectivity index (χ2v) is 6.46. The summed E-state index contributed by atoms with van der Waals surface area (Å²) in [7, 11) is 1.65. The Morgan fingerprint density at radius 2 is 1.62 bits per heavy atom. The zero-order valence-corrected chi connectivity index (χ0v) is 14.7. The molecule has 2 rings (SSSR count). The molecule has 128 valence electrons. The van der Waals surface area contributed by atoms with Crippen molar-refractivity contribution < 1.29 is 19.0 Å². The Morgan fingerprint density at radius 1 is 0.958 bits per heavy atom. The number of aldehydes is 1. The SMILES string of the molecule is COc1ccc(OCCOc2ccccc2C=O)c(C(C)(C)C)c1. The quantitative estimate of drug-likeness (QED) is 0.562. The molecular formula is C20H24O4. The molecule has 0 bridgehead atoms. The molecule has 0 spiro atoms. The van der Waals surface area contributed by atoms with E-state index in [0.717, 1.165) is 23.3 Å². The number of para-hydroxylation sites is 1. The van der Waals surface area contributed by atoms with Crippen molar-refractivity contribution in [2.75, 3.05) is 20.3 Å². The topological polar surface area (TPSA) is 44.8 Å². The fourth-order valence-electron chi connectivity index (χ4n) is 2.36. The first-order valence-electron chi connectivity index (χ1n) is 7.94. The highest BCUT2D eigenvalue weighted by Crippen LogP contribution is 2.34. The Morgan fingerprint density at radius 3 is 2.25 bits per heavy atom. The maximum atomic E-state index is 11.0. The molecule has 24 heavy (non-hydrogen) atoms. The van der Waals surface area contributed by atoms with Crippen LogP contribution in [0.2, 0.25) is 0 Å². The third-order valence-corrected chi connectivity index (χ3v) is 3.64. The first-order chi connectivity index (χ1) is 11.5. The lowest BCUT2D eigenvalue weighted by Crippen LogP contribution is -2.16. The molecule has 0 N–H and O–H groups in total. The standard InChI is InChI=1S/C20H24O4/c1-20(2,3)17-13-16(22-4)9-10-19(17)24-12-11-23-18-8-6-5-7-15(18)14-21/h5-10,13-14H,11-12H2,1-4H3. The highest BCUT2D eigenvalue weighted by molar-refractivity contribution is 5.79. The van der Waals surface area contributed by atoms with Gasteiger partial charge in [0.05, 0.1) is 12.7 Å². The van der Waals surface area contributed by atoms with Gasteiger partial charge in [-0.25, -0.2) is 0 Å². The first kappa shape index (κ1) is 17.9. The number of methoxy groups -OCH3 is 1. The van der Waals surface area contributed by atoms with Gasteiger partial charge in [0.15, 0.2) is 6.29 Å². The minimum Gasteiger partial charge on any atom is -0.497 e. The molecular weight excluding hydrogens is 304 g/mol. The summed E-state index contributed by atoms with van der Waals surface area (Å²) in [6.45, 7) is 7.14. The number of hydrogen-bond acceptors (Lipinski definition) is 4. The predicted octanol–water partition coefficient (Wildman–Crippen LogP) is 4.26. The Kier molecular flexibility index (Phi) is 5.85. The van der Waals surface area contributed by atoms with Crippen molar-refractivity contribution in [3.63, 3.8) is 0 Å². The molecule has 0 heterocycles. The van der Waals surface area contributed by atoms with E-state index in [4.69, 9.17) is 14.2 Å². The molecule has 0 aliphatic rings. The molecule has 4 heteroatoms. The van der Waals surface area contributed by atoms with Gasteiger partial charge in [0.1, 0.15) is 30.5 Å². The zero-order valence-electron chi connectivity index (χ0n) is 14.7. The fraction of sp³-hybridized carbons (Fsp3) is 0.350. The van der Waals surface area contributed by atoms with Gasteiger partial charge < -0.3 is 14.2 Å². The van der Waals surface area contributed by atoms with Gasteiger partial charge in [0.25, 0.3) is 0 Å². The molecule has 4 nitrogen and oxygen atoms in total. The van der Waals surface area contributed by atoms with Crippen LogP contribution in [0.4, 0.5) is 0 Å². The van der Waals surface area contributed by atoms with Crippen molar-refractivity contribution in [2.45, 2.75) is 26.2 Å². The summed E-state index contributed by atoms with van der Waals surface area (Å²) in [6.07, 6.45) is 0.789. The van der Waals surface area contributed by atoms with Gasteiger partial charge in [-0.3, -0.25) is 4.79 Å². The van der Waals surface area contributed by atoms with Gasteiger partial charge in [-0.15, -0.1) is 0 Å². The number of rotatable bonds is 7. The lowest BCUT2D eigenvalue weighted by molar-refractivity contribution is 0.111. The van der Waals surface area contributed by atoms with Crippen LogP contribution in [-0.4, -0.2) is 26.6 Å². The Balaban J connectivity index is 2.00. The van der Waals surface area contributed by atoms with E-state index in [1.807, 2.05) is 24.3 Å². The van der Waals surface area contributed by atoms with E-state index in [9.17, 15) is 4.79 Å². The van der Waals surface area contributed by atoms with E-state index in [2.05, 4.69) is 20.8 Å². The van der Waals surface area contributed by atoms with Crippen LogP contribution in [0.15, 0.2) is 42.5 Å². The average molecular weight is 328 g/mol. The summed E-state index contributed by atoms with van der Waals surface area (Å²) in [5, 5.41) is 0. The molecule has 0 atom stereocenters. The van der Waals surface area contributed by atoms with Gasteiger partial charge >= 0.3 is 0 Å². The summed E-state index contributed by atoms with van der Waals surface area (Å²) >= 11 is 0. The second-order valence-electron chi connectivity index (χ2n) is 6.46. The first-order valence-corrected chi connectivity index (χ1v) is 7.94. The molecule has 0 aliphatic carbocycles. The molecule has 0 amide bonds. The molecule has 0 saturated carbocycles. The van der Waals surface area contributed by atoms with Crippen LogP contribution in [0.3, 0.4) is 0 Å². The zero-order chi connectivity index (χ0) is 17.6. The Hall–Kier alpha value is -2.49. The maximum Gasteiger partial charge on any atom is 0.153 e. The largest absolute Gasteiger partial charge is 0.497 e. The van der Waals surface area contributed by atoms with Crippen molar-refractivity contribution in [3.05, 3.63) is 53.6 Å². The highest BCUT2D eigenvalue weighted by atomic mass is 16.5. The van der Waals surface area contributed by atoms with Crippen LogP contribution in [-0.2, 0) is 5.41 Å². The Bertz CT molecular complexity index is 686. The third kappa shape index (κ3) is 4.51. The van der Waals surface area contributed by atoms with Crippen LogP contribution in [0.1, 0.15) is 36.7 Å². The number of carbonyl (C=O) groups excluding carboxylic acids is 1. The van der Waals surface area contributed by atoms with Gasteiger partial charge in [-0.1, -0.05) is 32.9 Å². The lowest BCUT2D eigenvalue weighted by atomic mass is 9.86. The Labute approximate surface area is 143 Å². The number of hydrogen-bond donors (Lipinski definition) is 0. The molecule has 0 unspecified atom stereocenters. The molecule has 0 saturated heterocycles. The number of ether oxygens (including phenoxy) is 3. The highest BCUT2D eigenvalue weighted by Gasteiger charge is 2.20. The van der Waals surface area contributed by atoms with Crippen molar-refractivity contribution in [3.8, 4) is 17.2 Å². The van der Waals surface area contributed by atoms with Gasteiger partial charge in [-0.05, 0) is 35.7 Å². The molecule has 0 radical (unpaired) electrons. The summed E-state index contributed by atoms with van der Waals surface area (Å²) in [5.41, 5.74) is 1.56. The molecule has 2 aromatic rings. The van der Waals surface area contributed by atoms with Gasteiger partial charge in [-0.2, -0.15) is 0 Å². The van der Waals surface area contributed by atoms with E-state index < -0.39 is 0 Å². The van der Waals surface area contributed by atoms with Crippen LogP contribution < -0.4 is 14.2 Å². The second kappa shape index (κ2) is 7.86. The normalized spacial score (nSPS) is 11.0. The van der Waals surface area contributed by atoms with Crippen LogP contribution in [0.25, 0.3) is 0 Å². The summed E-state index contributed by atoms with van der Waals surface area (Å²) < 4.78 is 16.8. The molecule has 0 aromatic heterocycles. The van der Waals surface area contributed by atoms with E-state index in [-0.39, 0.29) is 5.41 Å². The maximum absolute atomic E-state index is 11.0.